The highest BCUT2D eigenvalue weighted by Gasteiger charge is 2.26. The number of benzene rings is 1. The van der Waals surface area contributed by atoms with Crippen molar-refractivity contribution in [1.29, 1.82) is 0 Å². The topological polar surface area (TPSA) is 73.9 Å². The van der Waals surface area contributed by atoms with Crippen molar-refractivity contribution in [3.8, 4) is 0 Å². The van der Waals surface area contributed by atoms with Gasteiger partial charge in [0.2, 0.25) is 5.91 Å². The van der Waals surface area contributed by atoms with E-state index in [1.165, 1.54) is 5.56 Å². The first-order valence-corrected chi connectivity index (χ1v) is 8.62. The largest absolute Gasteiger partial charge is 0.349 e. The molecule has 128 valence electrons. The lowest BCUT2D eigenvalue weighted by Gasteiger charge is -2.35. The molecular formula is C18H25N5O. The molecular weight excluding hydrogens is 302 g/mol. The average molecular weight is 327 g/mol. The molecule has 2 aromatic rings. The average Bonchev–Trinajstić information content (AvgIpc) is 3.14. The molecule has 0 unspecified atom stereocenters. The lowest BCUT2D eigenvalue weighted by molar-refractivity contribution is -0.126. The molecule has 2 heterocycles. The molecule has 0 radical (unpaired) electrons. The van der Waals surface area contributed by atoms with E-state index >= 15 is 0 Å². The molecule has 0 saturated carbocycles. The van der Waals surface area contributed by atoms with Crippen LogP contribution in [0.5, 0.6) is 0 Å². The third-order valence-electron chi connectivity index (χ3n) is 4.85. The van der Waals surface area contributed by atoms with Crippen LogP contribution in [0.25, 0.3) is 0 Å². The fourth-order valence-corrected chi connectivity index (χ4v) is 3.29. The maximum absolute atomic E-state index is 12.3. The number of carbonyl (C=O) groups is 1. The van der Waals surface area contributed by atoms with Crippen LogP contribution in [0.2, 0.25) is 0 Å². The van der Waals surface area contributed by atoms with Crippen molar-refractivity contribution in [2.24, 2.45) is 5.92 Å². The maximum Gasteiger partial charge on any atom is 0.237 e. The smallest absolute Gasteiger partial charge is 0.237 e. The fourth-order valence-electron chi connectivity index (χ4n) is 3.29. The third-order valence-corrected chi connectivity index (χ3v) is 4.85. The SMILES string of the molecule is C[C@@H](C(=O)NCc1cn[nH]n1)N1CCC(Cc2ccccc2)CC1. The quantitative estimate of drug-likeness (QED) is 0.848. The molecule has 1 atom stereocenters. The Morgan fingerprint density at radius 2 is 2.08 bits per heavy atom. The molecule has 1 saturated heterocycles. The second-order valence-electron chi connectivity index (χ2n) is 6.52. The number of likely N-dealkylation sites (tertiary alicyclic amines) is 1. The summed E-state index contributed by atoms with van der Waals surface area (Å²) in [6.07, 6.45) is 5.06. The Bertz CT molecular complexity index is 620. The summed E-state index contributed by atoms with van der Waals surface area (Å²) >= 11 is 0. The van der Waals surface area contributed by atoms with Crippen LogP contribution in [0, 0.1) is 5.92 Å². The Labute approximate surface area is 142 Å². The van der Waals surface area contributed by atoms with Gasteiger partial charge in [-0.15, -0.1) is 0 Å². The molecule has 6 heteroatoms. The molecule has 0 spiro atoms. The van der Waals surface area contributed by atoms with Crippen LogP contribution in [0.1, 0.15) is 31.0 Å². The molecule has 1 aromatic heterocycles. The van der Waals surface area contributed by atoms with Crippen LogP contribution in [0.4, 0.5) is 0 Å². The van der Waals surface area contributed by atoms with Crippen molar-refractivity contribution in [1.82, 2.24) is 25.6 Å². The normalized spacial score (nSPS) is 17.5. The Kier molecular flexibility index (Phi) is 5.59. The predicted molar refractivity (Wildman–Crippen MR) is 92.1 cm³/mol. The number of H-pyrrole nitrogens is 1. The second-order valence-corrected chi connectivity index (χ2v) is 6.52. The fraction of sp³-hybridized carbons (Fsp3) is 0.500. The Balaban J connectivity index is 1.42. The highest BCUT2D eigenvalue weighted by Crippen LogP contribution is 2.22. The van der Waals surface area contributed by atoms with E-state index in [9.17, 15) is 4.79 Å². The van der Waals surface area contributed by atoms with Gasteiger partial charge in [0.05, 0.1) is 18.8 Å². The van der Waals surface area contributed by atoms with Crippen LogP contribution in [0.15, 0.2) is 36.5 Å². The van der Waals surface area contributed by atoms with Gasteiger partial charge in [0.25, 0.3) is 0 Å². The number of nitrogens with one attached hydrogen (secondary N) is 2. The summed E-state index contributed by atoms with van der Waals surface area (Å²) in [5.74, 6) is 0.772. The van der Waals surface area contributed by atoms with Crippen LogP contribution in [-0.2, 0) is 17.8 Å². The number of aromatic nitrogens is 3. The van der Waals surface area contributed by atoms with Gasteiger partial charge < -0.3 is 5.32 Å². The van der Waals surface area contributed by atoms with E-state index in [4.69, 9.17) is 0 Å². The zero-order valence-electron chi connectivity index (χ0n) is 14.1. The number of amides is 1. The molecule has 1 aliphatic heterocycles. The van der Waals surface area contributed by atoms with Crippen molar-refractivity contribution < 1.29 is 4.79 Å². The van der Waals surface area contributed by atoms with Gasteiger partial charge >= 0.3 is 0 Å². The summed E-state index contributed by atoms with van der Waals surface area (Å²) in [7, 11) is 0. The monoisotopic (exact) mass is 327 g/mol. The van der Waals surface area contributed by atoms with Gasteiger partial charge in [0, 0.05) is 0 Å². The molecule has 2 N–H and O–H groups in total. The van der Waals surface area contributed by atoms with Gasteiger partial charge in [-0.05, 0) is 50.8 Å². The van der Waals surface area contributed by atoms with Gasteiger partial charge in [-0.2, -0.15) is 15.4 Å². The van der Waals surface area contributed by atoms with Gasteiger partial charge in [-0.1, -0.05) is 30.3 Å². The zero-order valence-corrected chi connectivity index (χ0v) is 14.1. The van der Waals surface area contributed by atoms with E-state index in [2.05, 4.69) is 56.0 Å². The molecule has 24 heavy (non-hydrogen) atoms. The van der Waals surface area contributed by atoms with E-state index in [0.717, 1.165) is 38.0 Å². The molecule has 6 nitrogen and oxygen atoms in total. The number of carbonyl (C=O) groups excluding carboxylic acids is 1. The van der Waals surface area contributed by atoms with E-state index in [1.807, 2.05) is 6.92 Å². The second kappa shape index (κ2) is 8.06. The molecule has 1 amide bonds. The lowest BCUT2D eigenvalue weighted by Crippen LogP contribution is -2.48. The van der Waals surface area contributed by atoms with Crippen molar-refractivity contribution >= 4 is 5.91 Å². The van der Waals surface area contributed by atoms with E-state index < -0.39 is 0 Å². The summed E-state index contributed by atoms with van der Waals surface area (Å²) in [5.41, 5.74) is 2.16. The van der Waals surface area contributed by atoms with Crippen LogP contribution in [-0.4, -0.2) is 45.3 Å². The number of rotatable bonds is 6. The zero-order chi connectivity index (χ0) is 16.8. The van der Waals surface area contributed by atoms with Gasteiger partial charge in [-0.3, -0.25) is 9.69 Å². The van der Waals surface area contributed by atoms with Crippen LogP contribution < -0.4 is 5.32 Å². The van der Waals surface area contributed by atoms with Gasteiger partial charge in [0.1, 0.15) is 5.69 Å². The highest BCUT2D eigenvalue weighted by molar-refractivity contribution is 5.81. The number of hydrogen-bond acceptors (Lipinski definition) is 4. The Morgan fingerprint density at radius 3 is 2.75 bits per heavy atom. The first-order valence-electron chi connectivity index (χ1n) is 8.62. The standard InChI is InChI=1S/C18H25N5O/c1-14(18(24)19-12-17-13-20-22-21-17)23-9-7-16(8-10-23)11-15-5-3-2-4-6-15/h2-6,13-14,16H,7-12H2,1H3,(H,19,24)(H,20,21,22)/t14-/m0/s1. The maximum atomic E-state index is 12.3. The van der Waals surface area contributed by atoms with E-state index in [1.54, 1.807) is 6.20 Å². The van der Waals surface area contributed by atoms with Crippen molar-refractivity contribution in [2.45, 2.75) is 38.8 Å². The summed E-state index contributed by atoms with van der Waals surface area (Å²) in [4.78, 5) is 14.6. The minimum Gasteiger partial charge on any atom is -0.349 e. The predicted octanol–water partition coefficient (Wildman–Crippen LogP) is 1.76. The summed E-state index contributed by atoms with van der Waals surface area (Å²) in [6, 6.07) is 10.6. The summed E-state index contributed by atoms with van der Waals surface area (Å²) < 4.78 is 0. The van der Waals surface area contributed by atoms with Gasteiger partial charge in [-0.25, -0.2) is 0 Å². The summed E-state index contributed by atoms with van der Waals surface area (Å²) in [5, 5.41) is 13.2. The molecule has 1 aliphatic rings. The number of aromatic amines is 1. The molecule has 3 rings (SSSR count). The number of piperidine rings is 1. The minimum atomic E-state index is -0.102. The minimum absolute atomic E-state index is 0.0551. The molecule has 0 aliphatic carbocycles. The van der Waals surface area contributed by atoms with E-state index in [-0.39, 0.29) is 11.9 Å². The first kappa shape index (κ1) is 16.6. The third kappa shape index (κ3) is 4.41. The Hall–Kier alpha value is -2.21. The number of nitrogens with zero attached hydrogens (tertiary/aromatic N) is 3. The Morgan fingerprint density at radius 1 is 1.33 bits per heavy atom. The molecule has 1 aromatic carbocycles. The molecule has 0 bridgehead atoms. The van der Waals surface area contributed by atoms with Crippen molar-refractivity contribution in [2.75, 3.05) is 13.1 Å². The van der Waals surface area contributed by atoms with Crippen molar-refractivity contribution in [3.05, 3.63) is 47.8 Å². The molecule has 1 fully saturated rings. The van der Waals surface area contributed by atoms with Crippen LogP contribution >= 0.6 is 0 Å². The number of hydrogen-bond donors (Lipinski definition) is 2. The summed E-state index contributed by atoms with van der Waals surface area (Å²) in [6.45, 7) is 4.37. The van der Waals surface area contributed by atoms with Gasteiger partial charge in [0.15, 0.2) is 0 Å². The highest BCUT2D eigenvalue weighted by atomic mass is 16.2. The van der Waals surface area contributed by atoms with Crippen LogP contribution in [0.3, 0.4) is 0 Å². The first-order chi connectivity index (χ1) is 11.7. The lowest BCUT2D eigenvalue weighted by atomic mass is 9.89. The van der Waals surface area contributed by atoms with Crippen molar-refractivity contribution in [3.63, 3.8) is 0 Å². The van der Waals surface area contributed by atoms with E-state index in [0.29, 0.717) is 12.5 Å².